The van der Waals surface area contributed by atoms with Crippen molar-refractivity contribution in [2.45, 2.75) is 40.0 Å². The summed E-state index contributed by atoms with van der Waals surface area (Å²) in [5, 5.41) is 4.42. The largest absolute Gasteiger partial charge is 0.495 e. The molecule has 0 amide bonds. The molecule has 1 fully saturated rings. The zero-order valence-electron chi connectivity index (χ0n) is 13.7. The Labute approximate surface area is 128 Å². The van der Waals surface area contributed by atoms with Crippen LogP contribution < -0.4 is 15.4 Å². The third kappa shape index (κ3) is 4.26. The van der Waals surface area contributed by atoms with Gasteiger partial charge in [0.15, 0.2) is 0 Å². The first-order valence-electron chi connectivity index (χ1n) is 7.85. The molecule has 0 aliphatic carbocycles. The fourth-order valence-electron chi connectivity index (χ4n) is 2.72. The highest BCUT2D eigenvalue weighted by molar-refractivity contribution is 7.71. The molecule has 1 saturated heterocycles. The van der Waals surface area contributed by atoms with Crippen molar-refractivity contribution in [2.24, 2.45) is 5.41 Å². The Bertz CT molecular complexity index is 524. The molecule has 3 nitrogen and oxygen atoms in total. The second-order valence-corrected chi connectivity index (χ2v) is 10.4. The zero-order chi connectivity index (χ0) is 15.5. The first kappa shape index (κ1) is 16.4. The predicted octanol–water partition coefficient (Wildman–Crippen LogP) is 4.33. The van der Waals surface area contributed by atoms with Gasteiger partial charge in [0.25, 0.3) is 0 Å². The topological polar surface area (TPSA) is 38.3 Å². The summed E-state index contributed by atoms with van der Waals surface area (Å²) in [4.78, 5) is 0. The molecule has 2 rings (SSSR count). The van der Waals surface area contributed by atoms with Crippen molar-refractivity contribution in [3.8, 4) is 5.75 Å². The number of rotatable bonds is 4. The van der Waals surface area contributed by atoms with Crippen LogP contribution in [0.15, 0.2) is 18.2 Å². The number of ether oxygens (including phenoxy) is 1. The average Bonchev–Trinajstić information content (AvgIpc) is 2.45. The van der Waals surface area contributed by atoms with Crippen LogP contribution in [-0.2, 0) is 4.57 Å². The molecular weight excluding hydrogens is 281 g/mol. The summed E-state index contributed by atoms with van der Waals surface area (Å²) in [7, 11) is -0.506. The summed E-state index contributed by atoms with van der Waals surface area (Å²) in [6.45, 7) is 7.46. The van der Waals surface area contributed by atoms with Crippen molar-refractivity contribution in [3.63, 3.8) is 0 Å². The van der Waals surface area contributed by atoms with Crippen LogP contribution in [0.5, 0.6) is 5.75 Å². The molecule has 4 heteroatoms. The van der Waals surface area contributed by atoms with Gasteiger partial charge >= 0.3 is 0 Å². The second-order valence-electron chi connectivity index (χ2n) is 7.20. The maximum Gasteiger partial charge on any atom is 0.142 e. The molecule has 1 aliphatic heterocycles. The van der Waals surface area contributed by atoms with E-state index >= 15 is 0 Å². The van der Waals surface area contributed by atoms with Crippen LogP contribution in [0.3, 0.4) is 0 Å². The Morgan fingerprint density at radius 2 is 1.86 bits per heavy atom. The SMILES string of the molecule is COc1cc(P2(=O)CCCCC2)ccc1NCC(C)(C)C. The fourth-order valence-corrected chi connectivity index (χ4v) is 5.63. The summed E-state index contributed by atoms with van der Waals surface area (Å²) in [6, 6.07) is 6.03. The molecule has 0 radical (unpaired) electrons. The summed E-state index contributed by atoms with van der Waals surface area (Å²) in [6.07, 6.45) is 5.09. The highest BCUT2D eigenvalue weighted by atomic mass is 31.2. The summed E-state index contributed by atoms with van der Waals surface area (Å²) in [5.41, 5.74) is 1.19. The number of anilines is 1. The van der Waals surface area contributed by atoms with E-state index in [2.05, 4.69) is 26.1 Å². The van der Waals surface area contributed by atoms with Gasteiger partial charge < -0.3 is 14.6 Å². The Kier molecular flexibility index (Phi) is 5.03. The quantitative estimate of drug-likeness (QED) is 0.842. The van der Waals surface area contributed by atoms with Crippen molar-refractivity contribution < 1.29 is 9.30 Å². The van der Waals surface area contributed by atoms with Crippen LogP contribution in [0.25, 0.3) is 0 Å². The average molecular weight is 309 g/mol. The van der Waals surface area contributed by atoms with Gasteiger partial charge in [-0.25, -0.2) is 0 Å². The standard InChI is InChI=1S/C17H28NO2P/c1-17(2,3)13-18-15-9-8-14(12-16(15)20-4)21(19)10-6-5-7-11-21/h8-9,12,18H,5-7,10-11,13H2,1-4H3. The lowest BCUT2D eigenvalue weighted by atomic mass is 9.97. The van der Waals surface area contributed by atoms with E-state index in [1.165, 1.54) is 6.42 Å². The van der Waals surface area contributed by atoms with Gasteiger partial charge in [0, 0.05) is 24.2 Å². The lowest BCUT2D eigenvalue weighted by molar-refractivity contribution is 0.413. The van der Waals surface area contributed by atoms with E-state index in [1.807, 2.05) is 18.2 Å². The third-order valence-corrected chi connectivity index (χ3v) is 7.30. The Hall–Kier alpha value is -0.950. The molecule has 118 valence electrons. The Morgan fingerprint density at radius 1 is 1.19 bits per heavy atom. The van der Waals surface area contributed by atoms with Crippen LogP contribution in [0.1, 0.15) is 40.0 Å². The van der Waals surface area contributed by atoms with Gasteiger partial charge in [0.05, 0.1) is 12.8 Å². The zero-order valence-corrected chi connectivity index (χ0v) is 14.6. The number of hydrogen-bond donors (Lipinski definition) is 1. The minimum absolute atomic E-state index is 0.208. The minimum atomic E-state index is -2.19. The highest BCUT2D eigenvalue weighted by Crippen LogP contribution is 2.50. The maximum atomic E-state index is 13.1. The number of hydrogen-bond acceptors (Lipinski definition) is 3. The van der Waals surface area contributed by atoms with E-state index in [1.54, 1.807) is 7.11 Å². The molecule has 0 spiro atoms. The van der Waals surface area contributed by atoms with E-state index in [9.17, 15) is 4.57 Å². The molecular formula is C17H28NO2P. The number of benzene rings is 1. The molecule has 0 saturated carbocycles. The van der Waals surface area contributed by atoms with Gasteiger partial charge in [-0.05, 0) is 36.5 Å². The molecule has 1 aromatic rings. The van der Waals surface area contributed by atoms with Gasteiger partial charge in [-0.3, -0.25) is 0 Å². The maximum absolute atomic E-state index is 13.1. The van der Waals surface area contributed by atoms with Crippen LogP contribution in [0.2, 0.25) is 0 Å². The van der Waals surface area contributed by atoms with Crippen LogP contribution in [0, 0.1) is 5.41 Å². The Balaban J connectivity index is 2.21. The predicted molar refractivity (Wildman–Crippen MR) is 91.8 cm³/mol. The van der Waals surface area contributed by atoms with E-state index in [-0.39, 0.29) is 5.41 Å². The normalized spacial score (nSPS) is 18.3. The first-order valence-corrected chi connectivity index (χ1v) is 9.92. The highest BCUT2D eigenvalue weighted by Gasteiger charge is 2.27. The summed E-state index contributed by atoms with van der Waals surface area (Å²) < 4.78 is 18.6. The molecule has 1 N–H and O–H groups in total. The molecule has 0 atom stereocenters. The van der Waals surface area contributed by atoms with Crippen molar-refractivity contribution in [3.05, 3.63) is 18.2 Å². The fraction of sp³-hybridized carbons (Fsp3) is 0.647. The van der Waals surface area contributed by atoms with Crippen molar-refractivity contribution in [2.75, 3.05) is 31.3 Å². The van der Waals surface area contributed by atoms with E-state index in [4.69, 9.17) is 4.74 Å². The molecule has 0 unspecified atom stereocenters. The van der Waals surface area contributed by atoms with Gasteiger partial charge in [0.2, 0.25) is 0 Å². The van der Waals surface area contributed by atoms with E-state index in [0.29, 0.717) is 0 Å². The lowest BCUT2D eigenvalue weighted by Gasteiger charge is -2.25. The number of methoxy groups -OCH3 is 1. The molecule has 1 heterocycles. The van der Waals surface area contributed by atoms with Crippen molar-refractivity contribution in [1.82, 2.24) is 0 Å². The van der Waals surface area contributed by atoms with Gasteiger partial charge in [-0.2, -0.15) is 0 Å². The molecule has 1 aromatic carbocycles. The van der Waals surface area contributed by atoms with Gasteiger partial charge in [0.1, 0.15) is 12.9 Å². The number of nitrogens with one attached hydrogen (secondary N) is 1. The van der Waals surface area contributed by atoms with Gasteiger partial charge in [-0.1, -0.05) is 27.2 Å². The summed E-state index contributed by atoms with van der Waals surface area (Å²) in [5.74, 6) is 0.803. The molecule has 21 heavy (non-hydrogen) atoms. The van der Waals surface area contributed by atoms with E-state index < -0.39 is 7.14 Å². The van der Waals surface area contributed by atoms with Crippen LogP contribution in [-0.4, -0.2) is 26.0 Å². The van der Waals surface area contributed by atoms with Gasteiger partial charge in [-0.15, -0.1) is 0 Å². The lowest BCUT2D eigenvalue weighted by Crippen LogP contribution is -2.20. The Morgan fingerprint density at radius 3 is 2.43 bits per heavy atom. The minimum Gasteiger partial charge on any atom is -0.495 e. The molecule has 0 aromatic heterocycles. The molecule has 1 aliphatic rings. The first-order chi connectivity index (χ1) is 9.84. The van der Waals surface area contributed by atoms with Crippen molar-refractivity contribution in [1.29, 1.82) is 0 Å². The molecule has 0 bridgehead atoms. The summed E-state index contributed by atoms with van der Waals surface area (Å²) >= 11 is 0. The van der Waals surface area contributed by atoms with Crippen LogP contribution in [0.4, 0.5) is 5.69 Å². The van der Waals surface area contributed by atoms with E-state index in [0.717, 1.165) is 48.5 Å². The third-order valence-electron chi connectivity index (χ3n) is 4.00. The monoisotopic (exact) mass is 309 g/mol. The van der Waals surface area contributed by atoms with Crippen LogP contribution >= 0.6 is 7.14 Å². The second kappa shape index (κ2) is 6.44. The van der Waals surface area contributed by atoms with Crippen molar-refractivity contribution >= 4 is 18.1 Å². The smallest absolute Gasteiger partial charge is 0.142 e.